The molecule has 1 heterocycles. The molecule has 1 aliphatic heterocycles. The van der Waals surface area contributed by atoms with Gasteiger partial charge in [0, 0.05) is 26.2 Å². The third kappa shape index (κ3) is 4.52. The summed E-state index contributed by atoms with van der Waals surface area (Å²) in [5, 5.41) is 8.95. The molecule has 2 amide bonds. The first-order valence-electron chi connectivity index (χ1n) is 6.93. The number of urea groups is 1. The van der Waals surface area contributed by atoms with Crippen molar-refractivity contribution in [3.8, 4) is 0 Å². The van der Waals surface area contributed by atoms with Crippen molar-refractivity contribution >= 4 is 12.0 Å². The van der Waals surface area contributed by atoms with Crippen LogP contribution in [0.15, 0.2) is 11.6 Å². The Morgan fingerprint density at radius 1 is 1.55 bits per heavy atom. The summed E-state index contributed by atoms with van der Waals surface area (Å²) in [6.07, 6.45) is 3.50. The van der Waals surface area contributed by atoms with Crippen molar-refractivity contribution in [3.05, 3.63) is 11.6 Å². The van der Waals surface area contributed by atoms with Crippen LogP contribution in [0.2, 0.25) is 0 Å². The minimum Gasteiger partial charge on any atom is -0.480 e. The van der Waals surface area contributed by atoms with Gasteiger partial charge in [0.15, 0.2) is 0 Å². The zero-order valence-electron chi connectivity index (χ0n) is 12.5. The number of hydrogen-bond acceptors (Lipinski definition) is 3. The number of carbonyl (C=O) groups is 2. The maximum absolute atomic E-state index is 12.4. The van der Waals surface area contributed by atoms with E-state index in [0.717, 1.165) is 12.8 Å². The number of ether oxygens (including phenoxy) is 1. The standard InChI is InChI=1S/C14H24N2O4/c1-4-11(2)16(9-13(17)18)14(19)15-7-5-12(6-8-15)10-20-3/h5,11H,4,6-10H2,1-3H3,(H,17,18). The molecule has 114 valence electrons. The number of rotatable bonds is 6. The first-order chi connectivity index (χ1) is 9.49. The number of aliphatic carboxylic acids is 1. The number of carbonyl (C=O) groups excluding carboxylic acids is 1. The average Bonchev–Trinajstić information content (AvgIpc) is 2.44. The minimum absolute atomic E-state index is 0.0806. The lowest BCUT2D eigenvalue weighted by Crippen LogP contribution is -2.50. The molecule has 0 aromatic heterocycles. The highest BCUT2D eigenvalue weighted by molar-refractivity contribution is 5.80. The molecule has 1 atom stereocenters. The largest absolute Gasteiger partial charge is 0.480 e. The molecule has 0 saturated heterocycles. The van der Waals surface area contributed by atoms with Crippen LogP contribution in [0.25, 0.3) is 0 Å². The molecular formula is C14H24N2O4. The molecule has 0 bridgehead atoms. The van der Waals surface area contributed by atoms with E-state index in [0.29, 0.717) is 19.7 Å². The van der Waals surface area contributed by atoms with E-state index < -0.39 is 5.97 Å². The summed E-state index contributed by atoms with van der Waals surface area (Å²) in [6.45, 7) is 5.28. The highest BCUT2D eigenvalue weighted by atomic mass is 16.5. The minimum atomic E-state index is -0.980. The summed E-state index contributed by atoms with van der Waals surface area (Å²) < 4.78 is 5.07. The lowest BCUT2D eigenvalue weighted by atomic mass is 10.1. The Morgan fingerprint density at radius 3 is 2.70 bits per heavy atom. The monoisotopic (exact) mass is 284 g/mol. The molecule has 6 heteroatoms. The summed E-state index contributed by atoms with van der Waals surface area (Å²) in [4.78, 5) is 26.5. The Labute approximate surface area is 120 Å². The van der Waals surface area contributed by atoms with Gasteiger partial charge in [-0.1, -0.05) is 13.0 Å². The summed E-state index contributed by atoms with van der Waals surface area (Å²) in [5.41, 5.74) is 1.19. The second-order valence-corrected chi connectivity index (χ2v) is 5.05. The summed E-state index contributed by atoms with van der Waals surface area (Å²) >= 11 is 0. The quantitative estimate of drug-likeness (QED) is 0.752. The Hall–Kier alpha value is -1.56. The van der Waals surface area contributed by atoms with E-state index in [1.165, 1.54) is 10.5 Å². The van der Waals surface area contributed by atoms with Gasteiger partial charge in [0.2, 0.25) is 0 Å². The van der Waals surface area contributed by atoms with Gasteiger partial charge < -0.3 is 19.6 Å². The van der Waals surface area contributed by atoms with Crippen LogP contribution >= 0.6 is 0 Å². The van der Waals surface area contributed by atoms with E-state index in [1.807, 2.05) is 19.9 Å². The fraction of sp³-hybridized carbons (Fsp3) is 0.714. The maximum Gasteiger partial charge on any atom is 0.323 e. The Kier molecular flexibility index (Phi) is 6.51. The van der Waals surface area contributed by atoms with Crippen molar-refractivity contribution in [1.29, 1.82) is 0 Å². The molecule has 0 fully saturated rings. The fourth-order valence-electron chi connectivity index (χ4n) is 2.16. The molecule has 1 unspecified atom stereocenters. The van der Waals surface area contributed by atoms with E-state index in [9.17, 15) is 9.59 Å². The van der Waals surface area contributed by atoms with Gasteiger partial charge in [-0.2, -0.15) is 0 Å². The molecule has 6 nitrogen and oxygen atoms in total. The van der Waals surface area contributed by atoms with Crippen LogP contribution in [0.1, 0.15) is 26.7 Å². The molecule has 0 radical (unpaired) electrons. The topological polar surface area (TPSA) is 70.1 Å². The molecule has 1 N–H and O–H groups in total. The molecule has 1 rings (SSSR count). The zero-order valence-corrected chi connectivity index (χ0v) is 12.5. The van der Waals surface area contributed by atoms with Crippen molar-refractivity contribution in [2.45, 2.75) is 32.7 Å². The summed E-state index contributed by atoms with van der Waals surface area (Å²) in [5.74, 6) is -0.980. The lowest BCUT2D eigenvalue weighted by Gasteiger charge is -2.34. The van der Waals surface area contributed by atoms with Crippen LogP contribution in [0.5, 0.6) is 0 Å². The predicted octanol–water partition coefficient (Wildman–Crippen LogP) is 1.57. The second-order valence-electron chi connectivity index (χ2n) is 5.05. The molecule has 0 aromatic carbocycles. The Balaban J connectivity index is 2.69. The van der Waals surface area contributed by atoms with Gasteiger partial charge in [0.05, 0.1) is 6.61 Å². The van der Waals surface area contributed by atoms with Gasteiger partial charge in [0.1, 0.15) is 6.54 Å². The van der Waals surface area contributed by atoms with Crippen molar-refractivity contribution < 1.29 is 19.4 Å². The van der Waals surface area contributed by atoms with Crippen LogP contribution in [-0.4, -0.2) is 66.3 Å². The van der Waals surface area contributed by atoms with Crippen molar-refractivity contribution in [2.24, 2.45) is 0 Å². The molecule has 0 spiro atoms. The number of amides is 2. The van der Waals surface area contributed by atoms with Crippen LogP contribution in [0.4, 0.5) is 4.79 Å². The maximum atomic E-state index is 12.4. The smallest absolute Gasteiger partial charge is 0.323 e. The SMILES string of the molecule is CCC(C)N(CC(=O)O)C(=O)N1CC=C(COC)CC1. The fourth-order valence-corrected chi connectivity index (χ4v) is 2.16. The second kappa shape index (κ2) is 7.89. The molecule has 1 aliphatic rings. The first kappa shape index (κ1) is 16.5. The van der Waals surface area contributed by atoms with E-state index in [1.54, 1.807) is 12.0 Å². The Morgan fingerprint density at radius 2 is 2.25 bits per heavy atom. The van der Waals surface area contributed by atoms with E-state index in [4.69, 9.17) is 9.84 Å². The number of carboxylic acids is 1. The van der Waals surface area contributed by atoms with Gasteiger partial charge in [-0.15, -0.1) is 0 Å². The van der Waals surface area contributed by atoms with Crippen LogP contribution < -0.4 is 0 Å². The van der Waals surface area contributed by atoms with Crippen LogP contribution in [0.3, 0.4) is 0 Å². The Bertz CT molecular complexity index is 381. The first-order valence-corrected chi connectivity index (χ1v) is 6.93. The zero-order chi connectivity index (χ0) is 15.1. The highest BCUT2D eigenvalue weighted by Gasteiger charge is 2.27. The highest BCUT2D eigenvalue weighted by Crippen LogP contribution is 2.15. The normalized spacial score (nSPS) is 16.6. The van der Waals surface area contributed by atoms with Gasteiger partial charge in [-0.25, -0.2) is 4.79 Å². The van der Waals surface area contributed by atoms with Crippen molar-refractivity contribution in [3.63, 3.8) is 0 Å². The van der Waals surface area contributed by atoms with E-state index >= 15 is 0 Å². The number of methoxy groups -OCH3 is 1. The van der Waals surface area contributed by atoms with Gasteiger partial charge in [-0.3, -0.25) is 4.79 Å². The lowest BCUT2D eigenvalue weighted by molar-refractivity contribution is -0.138. The van der Waals surface area contributed by atoms with Crippen molar-refractivity contribution in [2.75, 3.05) is 33.4 Å². The third-order valence-corrected chi connectivity index (χ3v) is 3.58. The number of carboxylic acid groups (broad SMARTS) is 1. The van der Waals surface area contributed by atoms with E-state index in [2.05, 4.69) is 0 Å². The molecule has 0 aliphatic carbocycles. The average molecular weight is 284 g/mol. The summed E-state index contributed by atoms with van der Waals surface area (Å²) in [7, 11) is 1.65. The third-order valence-electron chi connectivity index (χ3n) is 3.58. The van der Waals surface area contributed by atoms with Gasteiger partial charge in [0.25, 0.3) is 0 Å². The number of hydrogen-bond donors (Lipinski definition) is 1. The van der Waals surface area contributed by atoms with Crippen LogP contribution in [0, 0.1) is 0 Å². The molecule has 0 saturated carbocycles. The molecular weight excluding hydrogens is 260 g/mol. The summed E-state index contributed by atoms with van der Waals surface area (Å²) in [6, 6.07) is -0.280. The molecule has 20 heavy (non-hydrogen) atoms. The van der Waals surface area contributed by atoms with Crippen LogP contribution in [-0.2, 0) is 9.53 Å². The van der Waals surface area contributed by atoms with Gasteiger partial charge >= 0.3 is 12.0 Å². The predicted molar refractivity (Wildman–Crippen MR) is 75.6 cm³/mol. The number of nitrogens with zero attached hydrogens (tertiary/aromatic N) is 2. The van der Waals surface area contributed by atoms with Gasteiger partial charge in [-0.05, 0) is 25.3 Å². The molecule has 0 aromatic rings. The van der Waals surface area contributed by atoms with Crippen molar-refractivity contribution in [1.82, 2.24) is 9.80 Å². The van der Waals surface area contributed by atoms with E-state index in [-0.39, 0.29) is 18.6 Å².